The average Bonchev–Trinajstić information content (AvgIpc) is 2.33. The van der Waals surface area contributed by atoms with E-state index in [1.807, 2.05) is 13.8 Å². The molecule has 0 aliphatic carbocycles. The Morgan fingerprint density at radius 3 is 2.19 bits per heavy atom. The van der Waals surface area contributed by atoms with Crippen LogP contribution in [0.3, 0.4) is 0 Å². The number of carbonyl (C=O) groups is 2. The first-order valence-electron chi connectivity index (χ1n) is 7.41. The molecule has 5 heteroatoms. The van der Waals surface area contributed by atoms with Crippen molar-refractivity contribution in [1.82, 2.24) is 5.32 Å². The molecule has 0 aliphatic rings. The number of ketones is 1. The second-order valence-corrected chi connectivity index (χ2v) is 6.06. The van der Waals surface area contributed by atoms with E-state index in [1.165, 1.54) is 0 Å². The van der Waals surface area contributed by atoms with E-state index >= 15 is 0 Å². The lowest BCUT2D eigenvalue weighted by molar-refractivity contribution is -0.118. The molecule has 0 aromatic heterocycles. The maximum atomic E-state index is 12.2. The van der Waals surface area contributed by atoms with Gasteiger partial charge in [-0.3, -0.25) is 4.79 Å². The van der Waals surface area contributed by atoms with Gasteiger partial charge in [-0.15, -0.1) is 0 Å². The van der Waals surface area contributed by atoms with Gasteiger partial charge in [0.25, 0.3) is 0 Å². The lowest BCUT2D eigenvalue weighted by Crippen LogP contribution is -2.45. The topological polar surface area (TPSA) is 64.6 Å². The van der Waals surface area contributed by atoms with Crippen LogP contribution in [0.15, 0.2) is 12.2 Å². The highest BCUT2D eigenvalue weighted by atomic mass is 16.6. The highest BCUT2D eigenvalue weighted by molar-refractivity contribution is 5.99. The number of nitrogens with one attached hydrogen (secondary N) is 1. The van der Waals surface area contributed by atoms with Gasteiger partial charge in [0.05, 0.1) is 12.1 Å². The fourth-order valence-electron chi connectivity index (χ4n) is 1.83. The molecule has 0 aromatic carbocycles. The summed E-state index contributed by atoms with van der Waals surface area (Å²) < 4.78 is 10.8. The van der Waals surface area contributed by atoms with Crippen molar-refractivity contribution in [3.05, 3.63) is 12.2 Å². The third kappa shape index (κ3) is 8.50. The van der Waals surface area contributed by atoms with E-state index in [1.54, 1.807) is 27.7 Å². The quantitative estimate of drug-likeness (QED) is 0.699. The molecule has 0 aromatic rings. The zero-order chi connectivity index (χ0) is 16.6. The minimum atomic E-state index is -0.672. The molecule has 21 heavy (non-hydrogen) atoms. The summed E-state index contributed by atoms with van der Waals surface area (Å²) in [5.74, 6) is -0.195. The van der Waals surface area contributed by atoms with Crippen LogP contribution in [0.5, 0.6) is 0 Å². The number of Topliss-reactive ketones (excluding diaryl/α,β-unsaturated/α-hetero) is 1. The molecule has 1 unspecified atom stereocenters. The molecule has 0 radical (unpaired) electrons. The molecule has 0 aliphatic heterocycles. The van der Waals surface area contributed by atoms with E-state index in [0.717, 1.165) is 6.42 Å². The zero-order valence-electron chi connectivity index (χ0n) is 14.1. The lowest BCUT2D eigenvalue weighted by atomic mass is 9.99. The highest BCUT2D eigenvalue weighted by Crippen LogP contribution is 2.13. The number of ether oxygens (including phenoxy) is 2. The Balaban J connectivity index is 4.86. The van der Waals surface area contributed by atoms with E-state index in [2.05, 4.69) is 11.9 Å². The standard InChI is InChI=1S/C16H29NO4/c1-8-12(20-9-2)10-13(14(18)11(3)4)17-15(19)21-16(5,6)7/h12-13H,3,8-10H2,1-2,4-7H3,(H,17,19)/t12?,13-/m0/s1. The van der Waals surface area contributed by atoms with E-state index in [0.29, 0.717) is 18.6 Å². The SMILES string of the molecule is C=C(C)C(=O)[C@H](CC(CC)OCC)NC(=O)OC(C)(C)C. The maximum absolute atomic E-state index is 12.2. The van der Waals surface area contributed by atoms with Crippen molar-refractivity contribution >= 4 is 11.9 Å². The molecular weight excluding hydrogens is 270 g/mol. The van der Waals surface area contributed by atoms with Gasteiger partial charge in [-0.25, -0.2) is 4.79 Å². The molecule has 5 nitrogen and oxygen atoms in total. The molecule has 0 bridgehead atoms. The Morgan fingerprint density at radius 1 is 1.24 bits per heavy atom. The zero-order valence-corrected chi connectivity index (χ0v) is 14.1. The van der Waals surface area contributed by atoms with Crippen LogP contribution in [0.2, 0.25) is 0 Å². The Labute approximate surface area is 128 Å². The summed E-state index contributed by atoms with van der Waals surface area (Å²) in [6.07, 6.45) is 0.491. The van der Waals surface area contributed by atoms with Gasteiger partial charge in [0, 0.05) is 13.0 Å². The Morgan fingerprint density at radius 2 is 1.81 bits per heavy atom. The van der Waals surface area contributed by atoms with Gasteiger partial charge in [0.15, 0.2) is 5.78 Å². The third-order valence-electron chi connectivity index (χ3n) is 2.78. The fourth-order valence-corrected chi connectivity index (χ4v) is 1.83. The van der Waals surface area contributed by atoms with Crippen molar-refractivity contribution in [2.45, 2.75) is 72.1 Å². The maximum Gasteiger partial charge on any atom is 0.408 e. The van der Waals surface area contributed by atoms with Crippen LogP contribution in [0.4, 0.5) is 4.79 Å². The lowest BCUT2D eigenvalue weighted by Gasteiger charge is -2.25. The number of alkyl carbamates (subject to hydrolysis) is 1. The van der Waals surface area contributed by atoms with Crippen molar-refractivity contribution in [3.63, 3.8) is 0 Å². The molecule has 122 valence electrons. The fraction of sp³-hybridized carbons (Fsp3) is 0.750. The van der Waals surface area contributed by atoms with Crippen LogP contribution in [0, 0.1) is 0 Å². The van der Waals surface area contributed by atoms with Gasteiger partial charge >= 0.3 is 6.09 Å². The van der Waals surface area contributed by atoms with Gasteiger partial charge in [-0.2, -0.15) is 0 Å². The predicted octanol–water partition coefficient (Wildman–Crippen LogP) is 3.23. The molecule has 1 N–H and O–H groups in total. The van der Waals surface area contributed by atoms with Gasteiger partial charge in [0.2, 0.25) is 0 Å². The van der Waals surface area contributed by atoms with Crippen molar-refractivity contribution in [2.24, 2.45) is 0 Å². The second kappa shape index (κ2) is 8.82. The highest BCUT2D eigenvalue weighted by Gasteiger charge is 2.27. The minimum Gasteiger partial charge on any atom is -0.444 e. The van der Waals surface area contributed by atoms with Gasteiger partial charge in [0.1, 0.15) is 5.60 Å². The van der Waals surface area contributed by atoms with Crippen molar-refractivity contribution < 1.29 is 19.1 Å². The van der Waals surface area contributed by atoms with Gasteiger partial charge in [-0.1, -0.05) is 13.5 Å². The summed E-state index contributed by atoms with van der Waals surface area (Å²) in [4.78, 5) is 24.0. The minimum absolute atomic E-state index is 0.0850. The van der Waals surface area contributed by atoms with E-state index < -0.39 is 17.7 Å². The molecule has 0 spiro atoms. The Kier molecular flexibility index (Phi) is 8.25. The monoisotopic (exact) mass is 299 g/mol. The van der Waals surface area contributed by atoms with Crippen molar-refractivity contribution in [3.8, 4) is 0 Å². The van der Waals surface area contributed by atoms with Crippen LogP contribution < -0.4 is 5.32 Å². The smallest absolute Gasteiger partial charge is 0.408 e. The van der Waals surface area contributed by atoms with Crippen LogP contribution >= 0.6 is 0 Å². The normalized spacial score (nSPS) is 14.2. The summed E-state index contributed by atoms with van der Waals surface area (Å²) >= 11 is 0. The molecule has 1 amide bonds. The predicted molar refractivity (Wildman–Crippen MR) is 83.3 cm³/mol. The van der Waals surface area contributed by atoms with Crippen LogP contribution in [-0.4, -0.2) is 36.2 Å². The molecule has 0 saturated heterocycles. The van der Waals surface area contributed by atoms with Gasteiger partial charge < -0.3 is 14.8 Å². The van der Waals surface area contributed by atoms with Gasteiger partial charge in [-0.05, 0) is 46.6 Å². The van der Waals surface area contributed by atoms with E-state index in [9.17, 15) is 9.59 Å². The van der Waals surface area contributed by atoms with E-state index in [-0.39, 0.29) is 11.9 Å². The third-order valence-corrected chi connectivity index (χ3v) is 2.78. The number of rotatable bonds is 8. The molecule has 0 fully saturated rings. The summed E-state index contributed by atoms with van der Waals surface area (Å²) in [6.45, 7) is 15.1. The Hall–Kier alpha value is -1.36. The molecule has 0 heterocycles. The van der Waals surface area contributed by atoms with Crippen molar-refractivity contribution in [2.75, 3.05) is 6.61 Å². The van der Waals surface area contributed by atoms with Crippen LogP contribution in [0.1, 0.15) is 54.4 Å². The number of amides is 1. The average molecular weight is 299 g/mol. The second-order valence-electron chi connectivity index (χ2n) is 6.06. The number of carbonyl (C=O) groups excluding carboxylic acids is 2. The first kappa shape index (κ1) is 19.6. The van der Waals surface area contributed by atoms with E-state index in [4.69, 9.17) is 9.47 Å². The molecule has 2 atom stereocenters. The van der Waals surface area contributed by atoms with Crippen molar-refractivity contribution in [1.29, 1.82) is 0 Å². The largest absolute Gasteiger partial charge is 0.444 e. The van der Waals surface area contributed by atoms with Crippen LogP contribution in [-0.2, 0) is 14.3 Å². The molecule has 0 saturated carbocycles. The Bertz CT molecular complexity index is 371. The first-order valence-corrected chi connectivity index (χ1v) is 7.41. The summed E-state index contributed by atoms with van der Waals surface area (Å²) in [7, 11) is 0. The summed E-state index contributed by atoms with van der Waals surface area (Å²) in [6, 6.07) is -0.672. The first-order chi connectivity index (χ1) is 9.60. The molecular formula is C16H29NO4. The summed E-state index contributed by atoms with van der Waals surface area (Å²) in [5.41, 5.74) is -0.201. The molecule has 0 rings (SSSR count). The number of hydrogen-bond acceptors (Lipinski definition) is 4. The number of hydrogen-bond donors (Lipinski definition) is 1. The van der Waals surface area contributed by atoms with Crippen LogP contribution in [0.25, 0.3) is 0 Å². The summed E-state index contributed by atoms with van der Waals surface area (Å²) in [5, 5.41) is 2.63.